The Morgan fingerprint density at radius 1 is 0.871 bits per heavy atom. The van der Waals surface area contributed by atoms with E-state index < -0.39 is 0 Å². The van der Waals surface area contributed by atoms with E-state index in [2.05, 4.69) is 0 Å². The average molecular weight is 415 g/mol. The molecule has 1 aliphatic rings. The SMILES string of the molecule is CCOc1cc2c(cc1OCC)N(Cc1ccccc1)C(=O)CN=C2c1ccccc1. The van der Waals surface area contributed by atoms with Gasteiger partial charge in [-0.15, -0.1) is 0 Å². The van der Waals surface area contributed by atoms with Crippen molar-refractivity contribution in [1.82, 2.24) is 0 Å². The lowest BCUT2D eigenvalue weighted by molar-refractivity contribution is -0.117. The van der Waals surface area contributed by atoms with Crippen molar-refractivity contribution in [3.8, 4) is 11.5 Å². The summed E-state index contributed by atoms with van der Waals surface area (Å²) in [6.45, 7) is 5.45. The zero-order valence-electron chi connectivity index (χ0n) is 17.9. The minimum atomic E-state index is -0.0531. The maximum atomic E-state index is 13.2. The Morgan fingerprint density at radius 2 is 1.48 bits per heavy atom. The number of carbonyl (C=O) groups excluding carboxylic acids is 1. The summed E-state index contributed by atoms with van der Waals surface area (Å²) in [7, 11) is 0. The molecule has 1 amide bonds. The third-order valence-corrected chi connectivity index (χ3v) is 5.11. The molecule has 0 unspecified atom stereocenters. The van der Waals surface area contributed by atoms with Gasteiger partial charge in [0.15, 0.2) is 11.5 Å². The molecule has 0 spiro atoms. The molecule has 5 nitrogen and oxygen atoms in total. The van der Waals surface area contributed by atoms with Gasteiger partial charge in [-0.3, -0.25) is 9.79 Å². The summed E-state index contributed by atoms with van der Waals surface area (Å²) < 4.78 is 11.7. The molecule has 1 heterocycles. The van der Waals surface area contributed by atoms with Gasteiger partial charge in [0.05, 0.1) is 31.2 Å². The van der Waals surface area contributed by atoms with Crippen LogP contribution >= 0.6 is 0 Å². The maximum Gasteiger partial charge on any atom is 0.248 e. The third kappa shape index (κ3) is 4.45. The molecular formula is C26H26N2O3. The highest BCUT2D eigenvalue weighted by atomic mass is 16.5. The number of hydrogen-bond donors (Lipinski definition) is 0. The number of anilines is 1. The third-order valence-electron chi connectivity index (χ3n) is 5.11. The quantitative estimate of drug-likeness (QED) is 0.554. The van der Waals surface area contributed by atoms with E-state index in [0.29, 0.717) is 31.3 Å². The second-order valence-electron chi connectivity index (χ2n) is 7.18. The van der Waals surface area contributed by atoms with Gasteiger partial charge in [0.25, 0.3) is 0 Å². The van der Waals surface area contributed by atoms with E-state index in [1.165, 1.54) is 0 Å². The summed E-state index contributed by atoms with van der Waals surface area (Å²) in [5, 5.41) is 0. The van der Waals surface area contributed by atoms with Crippen LogP contribution in [-0.4, -0.2) is 31.4 Å². The van der Waals surface area contributed by atoms with Crippen LogP contribution in [-0.2, 0) is 11.3 Å². The van der Waals surface area contributed by atoms with Crippen molar-refractivity contribution in [2.75, 3.05) is 24.7 Å². The van der Waals surface area contributed by atoms with Crippen molar-refractivity contribution in [3.05, 3.63) is 89.5 Å². The summed E-state index contributed by atoms with van der Waals surface area (Å²) in [4.78, 5) is 19.7. The minimum absolute atomic E-state index is 0.0531. The molecule has 0 aromatic heterocycles. The van der Waals surface area contributed by atoms with Gasteiger partial charge in [0.2, 0.25) is 5.91 Å². The maximum absolute atomic E-state index is 13.2. The van der Waals surface area contributed by atoms with Gasteiger partial charge < -0.3 is 14.4 Å². The first kappa shape index (κ1) is 20.7. The smallest absolute Gasteiger partial charge is 0.248 e. The van der Waals surface area contributed by atoms with Crippen LogP contribution in [0.25, 0.3) is 0 Å². The predicted octanol–water partition coefficient (Wildman–Crippen LogP) is 4.87. The van der Waals surface area contributed by atoms with Gasteiger partial charge in [-0.25, -0.2) is 0 Å². The molecule has 0 bridgehead atoms. The number of rotatable bonds is 7. The Balaban J connectivity index is 1.89. The highest BCUT2D eigenvalue weighted by Gasteiger charge is 2.27. The van der Waals surface area contributed by atoms with Crippen molar-refractivity contribution in [1.29, 1.82) is 0 Å². The molecule has 3 aromatic rings. The van der Waals surface area contributed by atoms with Gasteiger partial charge in [-0.2, -0.15) is 0 Å². The normalized spacial score (nSPS) is 13.3. The van der Waals surface area contributed by atoms with E-state index in [4.69, 9.17) is 14.5 Å². The molecule has 0 aliphatic carbocycles. The molecular weight excluding hydrogens is 388 g/mol. The van der Waals surface area contributed by atoms with Crippen LogP contribution in [0.1, 0.15) is 30.5 Å². The van der Waals surface area contributed by atoms with Gasteiger partial charge in [0, 0.05) is 17.2 Å². The Bertz CT molecular complexity index is 1080. The highest BCUT2D eigenvalue weighted by Crippen LogP contribution is 2.38. The fraction of sp³-hybridized carbons (Fsp3) is 0.231. The van der Waals surface area contributed by atoms with E-state index in [1.54, 1.807) is 4.90 Å². The van der Waals surface area contributed by atoms with E-state index in [-0.39, 0.29) is 12.5 Å². The number of fused-ring (bicyclic) bond motifs is 1. The number of benzodiazepines with no additional fused rings is 1. The first-order chi connectivity index (χ1) is 15.2. The minimum Gasteiger partial charge on any atom is -0.490 e. The summed E-state index contributed by atoms with van der Waals surface area (Å²) in [6, 6.07) is 23.8. The number of ether oxygens (including phenoxy) is 2. The lowest BCUT2D eigenvalue weighted by Gasteiger charge is -2.25. The van der Waals surface area contributed by atoms with Gasteiger partial charge in [-0.1, -0.05) is 60.7 Å². The monoisotopic (exact) mass is 414 g/mol. The Morgan fingerprint density at radius 3 is 2.13 bits per heavy atom. The Labute approximate surface area is 183 Å². The zero-order valence-corrected chi connectivity index (χ0v) is 17.9. The van der Waals surface area contributed by atoms with Crippen LogP contribution in [0.4, 0.5) is 5.69 Å². The van der Waals surface area contributed by atoms with E-state index in [1.807, 2.05) is 86.6 Å². The van der Waals surface area contributed by atoms with Gasteiger partial charge in [-0.05, 0) is 25.5 Å². The Kier molecular flexibility index (Phi) is 6.32. The first-order valence-corrected chi connectivity index (χ1v) is 10.6. The first-order valence-electron chi connectivity index (χ1n) is 10.6. The Hall–Kier alpha value is -3.60. The molecule has 0 radical (unpaired) electrons. The fourth-order valence-electron chi connectivity index (χ4n) is 3.73. The molecule has 0 fully saturated rings. The predicted molar refractivity (Wildman–Crippen MR) is 123 cm³/mol. The summed E-state index contributed by atoms with van der Waals surface area (Å²) >= 11 is 0. The van der Waals surface area contributed by atoms with Crippen LogP contribution in [0.5, 0.6) is 11.5 Å². The molecule has 1 aliphatic heterocycles. The number of hydrogen-bond acceptors (Lipinski definition) is 4. The van der Waals surface area contributed by atoms with Crippen molar-refractivity contribution < 1.29 is 14.3 Å². The molecule has 0 saturated carbocycles. The number of nitrogens with zero attached hydrogens (tertiary/aromatic N) is 2. The largest absolute Gasteiger partial charge is 0.490 e. The molecule has 4 rings (SSSR count). The van der Waals surface area contributed by atoms with Crippen molar-refractivity contribution in [2.24, 2.45) is 4.99 Å². The average Bonchev–Trinajstić information content (AvgIpc) is 2.92. The van der Waals surface area contributed by atoms with Crippen LogP contribution in [0.15, 0.2) is 77.8 Å². The summed E-state index contributed by atoms with van der Waals surface area (Å²) in [5.74, 6) is 1.23. The fourth-order valence-corrected chi connectivity index (χ4v) is 3.73. The van der Waals surface area contributed by atoms with Crippen LogP contribution in [0.3, 0.4) is 0 Å². The lowest BCUT2D eigenvalue weighted by atomic mass is 9.99. The van der Waals surface area contributed by atoms with Crippen molar-refractivity contribution in [2.45, 2.75) is 20.4 Å². The molecule has 0 saturated heterocycles. The van der Waals surface area contributed by atoms with Crippen LogP contribution in [0.2, 0.25) is 0 Å². The van der Waals surface area contributed by atoms with E-state index in [9.17, 15) is 4.79 Å². The van der Waals surface area contributed by atoms with Crippen molar-refractivity contribution >= 4 is 17.3 Å². The molecule has 3 aromatic carbocycles. The van der Waals surface area contributed by atoms with E-state index in [0.717, 1.165) is 28.1 Å². The highest BCUT2D eigenvalue weighted by molar-refractivity contribution is 6.20. The zero-order chi connectivity index (χ0) is 21.6. The number of benzene rings is 3. The summed E-state index contributed by atoms with van der Waals surface area (Å²) in [5.41, 5.74) is 4.44. The standard InChI is InChI=1S/C26H26N2O3/c1-3-30-23-15-21-22(16-24(23)31-4-2)28(18-19-11-7-5-8-12-19)25(29)17-27-26(21)20-13-9-6-10-14-20/h5-16H,3-4,17-18H2,1-2H3. The van der Waals surface area contributed by atoms with Gasteiger partial charge in [0.1, 0.15) is 6.54 Å². The molecule has 0 N–H and O–H groups in total. The van der Waals surface area contributed by atoms with Gasteiger partial charge >= 0.3 is 0 Å². The van der Waals surface area contributed by atoms with Crippen molar-refractivity contribution in [3.63, 3.8) is 0 Å². The molecule has 158 valence electrons. The molecule has 5 heteroatoms. The van der Waals surface area contributed by atoms with Crippen LogP contribution in [0, 0.1) is 0 Å². The number of aliphatic imine (C=N–C) groups is 1. The topological polar surface area (TPSA) is 51.1 Å². The molecule has 0 atom stereocenters. The van der Waals surface area contributed by atoms with Crippen LogP contribution < -0.4 is 14.4 Å². The second kappa shape index (κ2) is 9.47. The lowest BCUT2D eigenvalue weighted by Crippen LogP contribution is -2.32. The molecule has 31 heavy (non-hydrogen) atoms. The number of amides is 1. The number of carbonyl (C=O) groups is 1. The van der Waals surface area contributed by atoms with E-state index >= 15 is 0 Å². The second-order valence-corrected chi connectivity index (χ2v) is 7.18. The summed E-state index contributed by atoms with van der Waals surface area (Å²) in [6.07, 6.45) is 0.